The Kier molecular flexibility index (Phi) is 5.29. The molecular weight excluding hydrogens is 288 g/mol. The molecule has 8 heteroatoms. The molecule has 0 fully saturated rings. The molecule has 8 nitrogen and oxygen atoms in total. The van der Waals surface area contributed by atoms with E-state index in [-0.39, 0.29) is 12.2 Å². The number of carbonyl (C=O) groups is 1. The first-order valence-electron chi connectivity index (χ1n) is 6.84. The van der Waals surface area contributed by atoms with Gasteiger partial charge in [0.05, 0.1) is 14.2 Å². The standard InChI is InChI=1S/C14H18N4O4/c1-4-8-18-12(15-16-17-18)9-22-14(19)10-6-5-7-11(20-2)13(10)21-3/h5-7H,4,8-9H2,1-3H3. The summed E-state index contributed by atoms with van der Waals surface area (Å²) in [6.45, 7) is 2.67. The van der Waals surface area contributed by atoms with E-state index in [9.17, 15) is 4.79 Å². The summed E-state index contributed by atoms with van der Waals surface area (Å²) in [5, 5.41) is 11.3. The molecule has 118 valence electrons. The van der Waals surface area contributed by atoms with E-state index in [1.165, 1.54) is 14.2 Å². The van der Waals surface area contributed by atoms with Gasteiger partial charge >= 0.3 is 5.97 Å². The molecule has 2 aromatic rings. The van der Waals surface area contributed by atoms with Crippen molar-refractivity contribution in [3.8, 4) is 11.5 Å². The van der Waals surface area contributed by atoms with Crippen molar-refractivity contribution in [2.24, 2.45) is 0 Å². The van der Waals surface area contributed by atoms with Crippen LogP contribution >= 0.6 is 0 Å². The molecule has 1 aromatic heterocycles. The molecule has 0 atom stereocenters. The van der Waals surface area contributed by atoms with E-state index in [4.69, 9.17) is 14.2 Å². The van der Waals surface area contributed by atoms with Gasteiger partial charge in [0.2, 0.25) is 0 Å². The zero-order valence-electron chi connectivity index (χ0n) is 12.8. The molecule has 0 unspecified atom stereocenters. The number of benzene rings is 1. The number of esters is 1. The Balaban J connectivity index is 2.11. The van der Waals surface area contributed by atoms with Gasteiger partial charge in [-0.05, 0) is 29.0 Å². The topological polar surface area (TPSA) is 88.4 Å². The van der Waals surface area contributed by atoms with Gasteiger partial charge in [0, 0.05) is 6.54 Å². The van der Waals surface area contributed by atoms with Crippen molar-refractivity contribution in [1.29, 1.82) is 0 Å². The molecule has 1 heterocycles. The van der Waals surface area contributed by atoms with Crippen LogP contribution in [0, 0.1) is 0 Å². The highest BCUT2D eigenvalue weighted by molar-refractivity contribution is 5.93. The second-order valence-corrected chi connectivity index (χ2v) is 4.44. The van der Waals surface area contributed by atoms with Gasteiger partial charge in [-0.3, -0.25) is 0 Å². The number of methoxy groups -OCH3 is 2. The molecule has 2 rings (SSSR count). The highest BCUT2D eigenvalue weighted by Gasteiger charge is 2.18. The smallest absolute Gasteiger partial charge is 0.342 e. The number of rotatable bonds is 7. The second kappa shape index (κ2) is 7.39. The Morgan fingerprint density at radius 2 is 2.09 bits per heavy atom. The molecule has 22 heavy (non-hydrogen) atoms. The molecule has 0 radical (unpaired) electrons. The number of hydrogen-bond acceptors (Lipinski definition) is 7. The average molecular weight is 306 g/mol. The third-order valence-corrected chi connectivity index (χ3v) is 3.00. The Labute approximate surface area is 128 Å². The number of nitrogens with zero attached hydrogens (tertiary/aromatic N) is 4. The molecule has 0 aliphatic carbocycles. The van der Waals surface area contributed by atoms with Crippen molar-refractivity contribution in [3.05, 3.63) is 29.6 Å². The first-order valence-corrected chi connectivity index (χ1v) is 6.84. The van der Waals surface area contributed by atoms with Crippen LogP contribution in [-0.2, 0) is 17.9 Å². The third kappa shape index (κ3) is 3.33. The Hall–Kier alpha value is -2.64. The summed E-state index contributed by atoms with van der Waals surface area (Å²) in [6.07, 6.45) is 0.885. The number of carbonyl (C=O) groups excluding carboxylic acids is 1. The van der Waals surface area contributed by atoms with Crippen LogP contribution in [0.2, 0.25) is 0 Å². The number of hydrogen-bond donors (Lipinski definition) is 0. The number of aryl methyl sites for hydroxylation is 1. The van der Waals surface area contributed by atoms with E-state index in [1.807, 2.05) is 6.92 Å². The SMILES string of the molecule is CCCn1nnnc1COC(=O)c1cccc(OC)c1OC. The van der Waals surface area contributed by atoms with E-state index in [0.29, 0.717) is 23.9 Å². The first kappa shape index (κ1) is 15.7. The van der Waals surface area contributed by atoms with Gasteiger partial charge in [-0.2, -0.15) is 0 Å². The lowest BCUT2D eigenvalue weighted by Gasteiger charge is -2.11. The van der Waals surface area contributed by atoms with Crippen LogP contribution in [0.3, 0.4) is 0 Å². The van der Waals surface area contributed by atoms with E-state index >= 15 is 0 Å². The van der Waals surface area contributed by atoms with Crippen LogP contribution in [0.5, 0.6) is 11.5 Å². The van der Waals surface area contributed by atoms with Crippen LogP contribution in [0.25, 0.3) is 0 Å². The number of tetrazole rings is 1. The summed E-state index contributed by atoms with van der Waals surface area (Å²) >= 11 is 0. The molecule has 1 aromatic carbocycles. The van der Waals surface area contributed by atoms with Crippen molar-refractivity contribution in [2.45, 2.75) is 26.5 Å². The summed E-state index contributed by atoms with van der Waals surface area (Å²) in [5.41, 5.74) is 0.288. The Morgan fingerprint density at radius 1 is 1.27 bits per heavy atom. The summed E-state index contributed by atoms with van der Waals surface area (Å²) in [7, 11) is 2.97. The maximum absolute atomic E-state index is 12.2. The highest BCUT2D eigenvalue weighted by atomic mass is 16.5. The fourth-order valence-electron chi connectivity index (χ4n) is 1.97. The van der Waals surface area contributed by atoms with Crippen molar-refractivity contribution < 1.29 is 19.0 Å². The Morgan fingerprint density at radius 3 is 2.77 bits per heavy atom. The van der Waals surface area contributed by atoms with Crippen molar-refractivity contribution in [2.75, 3.05) is 14.2 Å². The predicted molar refractivity (Wildman–Crippen MR) is 76.8 cm³/mol. The van der Waals surface area contributed by atoms with Gasteiger partial charge < -0.3 is 14.2 Å². The minimum atomic E-state index is -0.526. The van der Waals surface area contributed by atoms with Gasteiger partial charge in [0.15, 0.2) is 23.9 Å². The monoisotopic (exact) mass is 306 g/mol. The summed E-state index contributed by atoms with van der Waals surface area (Å²) in [5.74, 6) is 0.773. The van der Waals surface area contributed by atoms with Crippen LogP contribution in [0.15, 0.2) is 18.2 Å². The largest absolute Gasteiger partial charge is 0.493 e. The molecular formula is C14H18N4O4. The number of para-hydroxylation sites is 1. The quantitative estimate of drug-likeness (QED) is 0.715. The normalized spacial score (nSPS) is 10.3. The summed E-state index contributed by atoms with van der Waals surface area (Å²) < 4.78 is 17.2. The lowest BCUT2D eigenvalue weighted by Crippen LogP contribution is -2.12. The van der Waals surface area contributed by atoms with Crippen molar-refractivity contribution in [1.82, 2.24) is 20.2 Å². The lowest BCUT2D eigenvalue weighted by molar-refractivity contribution is 0.0452. The van der Waals surface area contributed by atoms with Crippen LogP contribution < -0.4 is 9.47 Å². The van der Waals surface area contributed by atoms with E-state index in [1.54, 1.807) is 22.9 Å². The van der Waals surface area contributed by atoms with Crippen LogP contribution in [0.1, 0.15) is 29.5 Å². The molecule has 0 saturated heterocycles. The maximum atomic E-state index is 12.2. The van der Waals surface area contributed by atoms with Crippen molar-refractivity contribution in [3.63, 3.8) is 0 Å². The van der Waals surface area contributed by atoms with E-state index < -0.39 is 5.97 Å². The summed E-state index contributed by atoms with van der Waals surface area (Å²) in [6, 6.07) is 5.01. The molecule has 0 bridgehead atoms. The fraction of sp³-hybridized carbons (Fsp3) is 0.429. The van der Waals surface area contributed by atoms with Gasteiger partial charge in [0.1, 0.15) is 5.56 Å². The molecule has 0 aliphatic heterocycles. The zero-order valence-corrected chi connectivity index (χ0v) is 12.8. The minimum Gasteiger partial charge on any atom is -0.493 e. The zero-order chi connectivity index (χ0) is 15.9. The minimum absolute atomic E-state index is 0.00774. The Bertz CT molecular complexity index is 642. The van der Waals surface area contributed by atoms with Gasteiger partial charge in [0.25, 0.3) is 0 Å². The molecule has 0 saturated carbocycles. The number of ether oxygens (including phenoxy) is 3. The fourth-order valence-corrected chi connectivity index (χ4v) is 1.97. The molecule has 0 amide bonds. The number of aromatic nitrogens is 4. The maximum Gasteiger partial charge on any atom is 0.342 e. The van der Waals surface area contributed by atoms with Crippen LogP contribution in [-0.4, -0.2) is 40.4 Å². The van der Waals surface area contributed by atoms with Gasteiger partial charge in [-0.1, -0.05) is 13.0 Å². The van der Waals surface area contributed by atoms with Gasteiger partial charge in [-0.25, -0.2) is 9.48 Å². The molecule has 0 aliphatic rings. The van der Waals surface area contributed by atoms with E-state index in [2.05, 4.69) is 15.5 Å². The second-order valence-electron chi connectivity index (χ2n) is 4.44. The third-order valence-electron chi connectivity index (χ3n) is 3.00. The van der Waals surface area contributed by atoms with E-state index in [0.717, 1.165) is 6.42 Å². The first-order chi connectivity index (χ1) is 10.7. The lowest BCUT2D eigenvalue weighted by atomic mass is 10.2. The highest BCUT2D eigenvalue weighted by Crippen LogP contribution is 2.31. The molecule has 0 N–H and O–H groups in total. The molecule has 0 spiro atoms. The predicted octanol–water partition coefficient (Wildman–Crippen LogP) is 1.46. The van der Waals surface area contributed by atoms with Gasteiger partial charge in [-0.15, -0.1) is 5.10 Å². The van der Waals surface area contributed by atoms with Crippen molar-refractivity contribution >= 4 is 5.97 Å². The van der Waals surface area contributed by atoms with Crippen LogP contribution in [0.4, 0.5) is 0 Å². The average Bonchev–Trinajstić information content (AvgIpc) is 2.99. The summed E-state index contributed by atoms with van der Waals surface area (Å²) in [4.78, 5) is 12.2.